The highest BCUT2D eigenvalue weighted by Gasteiger charge is 2.31. The van der Waals surface area contributed by atoms with Crippen molar-refractivity contribution >= 4 is 27.4 Å². The summed E-state index contributed by atoms with van der Waals surface area (Å²) in [7, 11) is -3.57. The predicted molar refractivity (Wildman–Crippen MR) is 113 cm³/mol. The topological polar surface area (TPSA) is 83.5 Å². The Kier molecular flexibility index (Phi) is 6.19. The number of rotatable bonds is 5. The van der Waals surface area contributed by atoms with Gasteiger partial charge in [0.15, 0.2) is 5.78 Å². The molecule has 1 fully saturated rings. The second-order valence-corrected chi connectivity index (χ2v) is 9.82. The molecule has 7 heteroatoms. The lowest BCUT2D eigenvalue weighted by Crippen LogP contribution is -2.42. The van der Waals surface area contributed by atoms with Gasteiger partial charge in [-0.25, -0.2) is 8.42 Å². The lowest BCUT2D eigenvalue weighted by molar-refractivity contribution is 0.101. The van der Waals surface area contributed by atoms with E-state index in [4.69, 9.17) is 0 Å². The fourth-order valence-corrected chi connectivity index (χ4v) is 5.40. The van der Waals surface area contributed by atoms with Crippen LogP contribution >= 0.6 is 0 Å². The van der Waals surface area contributed by atoms with E-state index in [0.717, 1.165) is 6.42 Å². The van der Waals surface area contributed by atoms with Gasteiger partial charge in [-0.05, 0) is 73.7 Å². The van der Waals surface area contributed by atoms with Gasteiger partial charge in [0.1, 0.15) is 0 Å². The smallest absolute Gasteiger partial charge is 0.255 e. The van der Waals surface area contributed by atoms with E-state index in [9.17, 15) is 18.0 Å². The van der Waals surface area contributed by atoms with E-state index >= 15 is 0 Å². The number of carbonyl (C=O) groups excluding carboxylic acids is 2. The first-order chi connectivity index (χ1) is 13.7. The third kappa shape index (κ3) is 4.92. The summed E-state index contributed by atoms with van der Waals surface area (Å²) in [6, 6.07) is 12.6. The van der Waals surface area contributed by atoms with Crippen LogP contribution in [0.5, 0.6) is 0 Å². The van der Waals surface area contributed by atoms with Gasteiger partial charge >= 0.3 is 0 Å². The van der Waals surface area contributed by atoms with E-state index in [1.807, 2.05) is 0 Å². The summed E-state index contributed by atoms with van der Waals surface area (Å²) in [6.45, 7) is 6.65. The van der Waals surface area contributed by atoms with Crippen LogP contribution in [-0.4, -0.2) is 37.5 Å². The van der Waals surface area contributed by atoms with Gasteiger partial charge in [-0.15, -0.1) is 0 Å². The van der Waals surface area contributed by atoms with Gasteiger partial charge in [0.25, 0.3) is 5.91 Å². The molecule has 0 radical (unpaired) electrons. The molecule has 0 unspecified atom stereocenters. The van der Waals surface area contributed by atoms with Gasteiger partial charge in [-0.3, -0.25) is 9.59 Å². The van der Waals surface area contributed by atoms with Gasteiger partial charge in [0.05, 0.1) is 4.90 Å². The molecule has 1 N–H and O–H groups in total. The molecule has 1 aliphatic rings. The molecule has 29 heavy (non-hydrogen) atoms. The molecule has 0 saturated carbocycles. The second-order valence-electron chi connectivity index (χ2n) is 7.88. The Morgan fingerprint density at radius 3 is 1.93 bits per heavy atom. The van der Waals surface area contributed by atoms with E-state index in [0.29, 0.717) is 41.7 Å². The van der Waals surface area contributed by atoms with Crippen LogP contribution in [0.15, 0.2) is 53.4 Å². The summed E-state index contributed by atoms with van der Waals surface area (Å²) < 4.78 is 27.4. The minimum atomic E-state index is -3.57. The van der Waals surface area contributed by atoms with Crippen LogP contribution in [0.1, 0.15) is 47.9 Å². The number of ketones is 1. The van der Waals surface area contributed by atoms with Crippen molar-refractivity contribution in [2.24, 2.45) is 11.8 Å². The molecule has 1 heterocycles. The van der Waals surface area contributed by atoms with E-state index in [1.165, 1.54) is 35.5 Å². The molecule has 1 saturated heterocycles. The minimum absolute atomic E-state index is 0.0443. The van der Waals surface area contributed by atoms with E-state index < -0.39 is 10.0 Å². The van der Waals surface area contributed by atoms with Crippen molar-refractivity contribution in [3.8, 4) is 0 Å². The van der Waals surface area contributed by atoms with Crippen molar-refractivity contribution in [3.05, 3.63) is 59.7 Å². The Balaban J connectivity index is 1.72. The molecule has 3 rings (SSSR count). The minimum Gasteiger partial charge on any atom is -0.322 e. The number of sulfonamides is 1. The van der Waals surface area contributed by atoms with Crippen LogP contribution in [0.4, 0.5) is 5.69 Å². The van der Waals surface area contributed by atoms with E-state index in [1.54, 1.807) is 24.3 Å². The van der Waals surface area contributed by atoms with Crippen molar-refractivity contribution < 1.29 is 18.0 Å². The van der Waals surface area contributed by atoms with Gasteiger partial charge in [0.2, 0.25) is 10.0 Å². The Bertz CT molecular complexity index is 988. The summed E-state index contributed by atoms with van der Waals surface area (Å²) >= 11 is 0. The maximum absolute atomic E-state index is 12.9. The van der Waals surface area contributed by atoms with Crippen molar-refractivity contribution in [3.63, 3.8) is 0 Å². The van der Waals surface area contributed by atoms with Gasteiger partial charge in [-0.2, -0.15) is 4.31 Å². The normalized spacial score (nSPS) is 20.2. The summed E-state index contributed by atoms with van der Waals surface area (Å²) in [4.78, 5) is 24.0. The number of hydrogen-bond donors (Lipinski definition) is 1. The maximum Gasteiger partial charge on any atom is 0.255 e. The summed E-state index contributed by atoms with van der Waals surface area (Å²) in [5.74, 6) is 0.267. The van der Waals surface area contributed by atoms with Gasteiger partial charge < -0.3 is 5.32 Å². The fraction of sp³-hybridized carbons (Fsp3) is 0.364. The molecule has 1 aliphatic heterocycles. The number of hydrogen-bond acceptors (Lipinski definition) is 4. The molecule has 0 spiro atoms. The molecule has 2 aromatic carbocycles. The van der Waals surface area contributed by atoms with Crippen molar-refractivity contribution in [2.75, 3.05) is 18.4 Å². The SMILES string of the molecule is CC(=O)c1ccc(NC(=O)c2ccc(S(=O)(=O)N3C[C@H](C)C[C@H](C)C3)cc2)cc1. The molecular formula is C22H26N2O4S. The summed E-state index contributed by atoms with van der Waals surface area (Å²) in [5, 5.41) is 2.75. The number of nitrogens with one attached hydrogen (secondary N) is 1. The van der Waals surface area contributed by atoms with Crippen LogP contribution in [0.2, 0.25) is 0 Å². The second kappa shape index (κ2) is 8.47. The fourth-order valence-electron chi connectivity index (χ4n) is 3.72. The van der Waals surface area contributed by atoms with Gasteiger partial charge in [0, 0.05) is 29.9 Å². The molecule has 6 nitrogen and oxygen atoms in total. The zero-order valence-corrected chi connectivity index (χ0v) is 17.7. The van der Waals surface area contributed by atoms with Crippen molar-refractivity contribution in [1.82, 2.24) is 4.31 Å². The monoisotopic (exact) mass is 414 g/mol. The molecule has 2 atom stereocenters. The number of anilines is 1. The van der Waals surface area contributed by atoms with Crippen molar-refractivity contribution in [2.45, 2.75) is 32.1 Å². The lowest BCUT2D eigenvalue weighted by atomic mass is 9.94. The number of carbonyl (C=O) groups is 2. The number of benzene rings is 2. The molecule has 0 aromatic heterocycles. The molecular weight excluding hydrogens is 388 g/mol. The first-order valence-corrected chi connectivity index (χ1v) is 11.1. The summed E-state index contributed by atoms with van der Waals surface area (Å²) in [6.07, 6.45) is 1.03. The standard InChI is InChI=1S/C22H26N2O4S/c1-15-12-16(2)14-24(13-15)29(27,28)21-10-6-19(7-11-21)22(26)23-20-8-4-18(5-9-20)17(3)25/h4-11,15-16H,12-14H2,1-3H3,(H,23,26)/t15-,16+. The quantitative estimate of drug-likeness (QED) is 0.754. The third-order valence-electron chi connectivity index (χ3n) is 5.14. The first kappa shape index (κ1) is 21.2. The maximum atomic E-state index is 12.9. The number of amides is 1. The molecule has 2 aromatic rings. The predicted octanol–water partition coefficient (Wildman–Crippen LogP) is 3.81. The Labute approximate surface area is 172 Å². The van der Waals surface area contributed by atoms with Crippen LogP contribution in [-0.2, 0) is 10.0 Å². The molecule has 154 valence electrons. The molecule has 0 aliphatic carbocycles. The first-order valence-electron chi connectivity index (χ1n) is 9.69. The Morgan fingerprint density at radius 1 is 0.897 bits per heavy atom. The van der Waals surface area contributed by atoms with Crippen LogP contribution in [0.3, 0.4) is 0 Å². The van der Waals surface area contributed by atoms with E-state index in [2.05, 4.69) is 19.2 Å². The largest absolute Gasteiger partial charge is 0.322 e. The Morgan fingerprint density at radius 2 is 1.41 bits per heavy atom. The molecule has 1 amide bonds. The highest BCUT2D eigenvalue weighted by molar-refractivity contribution is 7.89. The van der Waals surface area contributed by atoms with Crippen LogP contribution in [0.25, 0.3) is 0 Å². The van der Waals surface area contributed by atoms with Crippen LogP contribution in [0, 0.1) is 11.8 Å². The number of piperidine rings is 1. The molecule has 0 bridgehead atoms. The number of Topliss-reactive ketones (excluding diaryl/α,β-unsaturated/α-hetero) is 1. The summed E-state index contributed by atoms with van der Waals surface area (Å²) in [5.41, 5.74) is 1.49. The third-order valence-corrected chi connectivity index (χ3v) is 6.98. The average Bonchev–Trinajstić information content (AvgIpc) is 2.67. The highest BCUT2D eigenvalue weighted by Crippen LogP contribution is 2.26. The zero-order valence-electron chi connectivity index (χ0n) is 16.9. The Hall–Kier alpha value is -2.51. The lowest BCUT2D eigenvalue weighted by Gasteiger charge is -2.34. The van der Waals surface area contributed by atoms with Gasteiger partial charge in [-0.1, -0.05) is 13.8 Å². The number of nitrogens with zero attached hydrogens (tertiary/aromatic N) is 1. The average molecular weight is 415 g/mol. The van der Waals surface area contributed by atoms with Crippen molar-refractivity contribution in [1.29, 1.82) is 0 Å². The highest BCUT2D eigenvalue weighted by atomic mass is 32.2. The van der Waals surface area contributed by atoms with E-state index in [-0.39, 0.29) is 16.6 Å². The van der Waals surface area contributed by atoms with Crippen LogP contribution < -0.4 is 5.32 Å². The zero-order chi connectivity index (χ0) is 21.2.